The highest BCUT2D eigenvalue weighted by molar-refractivity contribution is 6.34. The number of piperidine rings is 1. The summed E-state index contributed by atoms with van der Waals surface area (Å²) in [6.07, 6.45) is 0. The quantitative estimate of drug-likeness (QED) is 0.577. The zero-order valence-electron chi connectivity index (χ0n) is 14.3. The molecule has 1 heterocycles. The van der Waals surface area contributed by atoms with Gasteiger partial charge in [0.25, 0.3) is 0 Å². The van der Waals surface area contributed by atoms with Crippen molar-refractivity contribution < 1.29 is 19.1 Å². The third kappa shape index (κ3) is 2.49. The van der Waals surface area contributed by atoms with Crippen LogP contribution in [0.15, 0.2) is 48.5 Å². The molecule has 138 valence electrons. The minimum atomic E-state index is -1.25. The summed E-state index contributed by atoms with van der Waals surface area (Å²) in [7, 11) is 0. The van der Waals surface area contributed by atoms with E-state index in [1.54, 1.807) is 55.5 Å². The first kappa shape index (κ1) is 18.0. The Labute approximate surface area is 165 Å². The van der Waals surface area contributed by atoms with Gasteiger partial charge in [-0.05, 0) is 42.8 Å². The molecular formula is C20H15Cl2NO4. The molecule has 2 amide bonds. The van der Waals surface area contributed by atoms with Gasteiger partial charge in [-0.1, -0.05) is 41.4 Å². The van der Waals surface area contributed by atoms with Crippen LogP contribution in [0.2, 0.25) is 10.0 Å². The van der Waals surface area contributed by atoms with Crippen molar-refractivity contribution in [2.24, 2.45) is 11.8 Å². The lowest BCUT2D eigenvalue weighted by Gasteiger charge is -2.22. The van der Waals surface area contributed by atoms with Crippen LogP contribution in [0.4, 0.5) is 5.69 Å². The summed E-state index contributed by atoms with van der Waals surface area (Å²) in [5.74, 6) is -3.02. The summed E-state index contributed by atoms with van der Waals surface area (Å²) in [6, 6.07) is 13.2. The average molecular weight is 404 g/mol. The van der Waals surface area contributed by atoms with Crippen LogP contribution in [0.25, 0.3) is 0 Å². The first-order chi connectivity index (χ1) is 12.9. The zero-order valence-corrected chi connectivity index (χ0v) is 15.8. The van der Waals surface area contributed by atoms with Crippen molar-refractivity contribution in [3.05, 3.63) is 64.1 Å². The number of hydrogen-bond acceptors (Lipinski definition) is 4. The Kier molecular flexibility index (Phi) is 4.24. The van der Waals surface area contributed by atoms with Crippen LogP contribution in [0.5, 0.6) is 0 Å². The molecule has 5 nitrogen and oxygen atoms in total. The number of hydrogen-bond donors (Lipinski definition) is 0. The minimum Gasteiger partial charge on any atom is -0.466 e. The van der Waals surface area contributed by atoms with Crippen molar-refractivity contribution in [2.75, 3.05) is 11.5 Å². The fourth-order valence-corrected chi connectivity index (χ4v) is 4.35. The lowest BCUT2D eigenvalue weighted by Crippen LogP contribution is -2.40. The third-order valence-corrected chi connectivity index (χ3v) is 5.66. The summed E-state index contributed by atoms with van der Waals surface area (Å²) in [6.45, 7) is 1.87. The van der Waals surface area contributed by atoms with Crippen molar-refractivity contribution in [1.82, 2.24) is 0 Å². The van der Waals surface area contributed by atoms with Crippen LogP contribution >= 0.6 is 23.2 Å². The van der Waals surface area contributed by atoms with Crippen LogP contribution in [0, 0.1) is 11.8 Å². The summed E-state index contributed by atoms with van der Waals surface area (Å²) in [4.78, 5) is 40.1. The number of esters is 1. The van der Waals surface area contributed by atoms with Gasteiger partial charge in [-0.3, -0.25) is 14.4 Å². The molecule has 0 radical (unpaired) electrons. The Bertz CT molecular complexity index is 959. The summed E-state index contributed by atoms with van der Waals surface area (Å²) < 4.78 is 5.12. The van der Waals surface area contributed by atoms with Crippen LogP contribution < -0.4 is 4.90 Å². The predicted octanol–water partition coefficient (Wildman–Crippen LogP) is 3.61. The van der Waals surface area contributed by atoms with E-state index in [2.05, 4.69) is 0 Å². The maximum absolute atomic E-state index is 13.4. The topological polar surface area (TPSA) is 63.7 Å². The van der Waals surface area contributed by atoms with Crippen molar-refractivity contribution in [1.29, 1.82) is 0 Å². The first-order valence-corrected chi connectivity index (χ1v) is 9.25. The number of ether oxygens (including phenoxy) is 1. The highest BCUT2D eigenvalue weighted by Crippen LogP contribution is 2.66. The number of nitrogens with zero attached hydrogens (tertiary/aromatic N) is 1. The van der Waals surface area contributed by atoms with Gasteiger partial charge in [0, 0.05) is 10.0 Å². The van der Waals surface area contributed by atoms with Gasteiger partial charge in [-0.25, -0.2) is 4.90 Å². The van der Waals surface area contributed by atoms with E-state index in [-0.39, 0.29) is 6.61 Å². The monoisotopic (exact) mass is 403 g/mol. The molecule has 1 aliphatic heterocycles. The molecule has 2 aromatic carbocycles. The smallest absolute Gasteiger partial charge is 0.311 e. The molecule has 2 aliphatic rings. The van der Waals surface area contributed by atoms with Crippen molar-refractivity contribution in [2.45, 2.75) is 12.3 Å². The molecule has 0 unspecified atom stereocenters. The lowest BCUT2D eigenvalue weighted by atomic mass is 9.91. The molecule has 2 aromatic rings. The maximum Gasteiger partial charge on any atom is 0.311 e. The highest BCUT2D eigenvalue weighted by Gasteiger charge is 2.83. The Balaban J connectivity index is 1.81. The zero-order chi connectivity index (χ0) is 19.3. The van der Waals surface area contributed by atoms with Gasteiger partial charge < -0.3 is 4.74 Å². The van der Waals surface area contributed by atoms with Gasteiger partial charge in [0.1, 0.15) is 5.41 Å². The number of carbonyl (C=O) groups excluding carboxylic acids is 3. The minimum absolute atomic E-state index is 0.180. The Morgan fingerprint density at radius 2 is 1.81 bits per heavy atom. The average Bonchev–Trinajstić information content (AvgIpc) is 3.28. The molecule has 1 saturated heterocycles. The molecule has 4 rings (SSSR count). The number of halogens is 2. The lowest BCUT2D eigenvalue weighted by molar-refractivity contribution is -0.147. The molecule has 0 spiro atoms. The number of amides is 2. The Morgan fingerprint density at radius 3 is 2.44 bits per heavy atom. The van der Waals surface area contributed by atoms with Crippen molar-refractivity contribution >= 4 is 46.7 Å². The first-order valence-electron chi connectivity index (χ1n) is 8.49. The number of anilines is 1. The number of carbonyl (C=O) groups is 3. The van der Waals surface area contributed by atoms with Gasteiger partial charge in [0.15, 0.2) is 0 Å². The second-order valence-corrected chi connectivity index (χ2v) is 7.41. The van der Waals surface area contributed by atoms with Gasteiger partial charge in [-0.2, -0.15) is 0 Å². The summed E-state index contributed by atoms with van der Waals surface area (Å²) in [5.41, 5.74) is -0.283. The summed E-state index contributed by atoms with van der Waals surface area (Å²) in [5, 5.41) is 0.916. The second-order valence-electron chi connectivity index (χ2n) is 6.54. The van der Waals surface area contributed by atoms with E-state index in [1.807, 2.05) is 0 Å². The molecular weight excluding hydrogens is 389 g/mol. The highest BCUT2D eigenvalue weighted by atomic mass is 35.5. The van der Waals surface area contributed by atoms with Crippen molar-refractivity contribution in [3.8, 4) is 0 Å². The standard InChI is InChI=1S/C20H15Cl2NO4/c1-2-27-18(25)16-15-17(24)23(14-5-3-4-13(22)10-14)19(26)20(15,16)11-6-8-12(21)9-7-11/h3-10,15-16H,2H2,1H3/t15-,16-,20+/m1/s1. The van der Waals surface area contributed by atoms with Crippen molar-refractivity contribution in [3.63, 3.8) is 0 Å². The maximum atomic E-state index is 13.4. The Hall–Kier alpha value is -2.37. The van der Waals surface area contributed by atoms with E-state index in [4.69, 9.17) is 27.9 Å². The summed E-state index contributed by atoms with van der Waals surface area (Å²) >= 11 is 12.0. The van der Waals surface area contributed by atoms with Gasteiger partial charge in [0.2, 0.25) is 11.8 Å². The molecule has 0 N–H and O–H groups in total. The van der Waals surface area contributed by atoms with E-state index in [0.717, 1.165) is 4.90 Å². The van der Waals surface area contributed by atoms with Crippen LogP contribution in [-0.2, 0) is 24.5 Å². The van der Waals surface area contributed by atoms with Gasteiger partial charge in [0.05, 0.1) is 24.1 Å². The molecule has 27 heavy (non-hydrogen) atoms. The van der Waals surface area contributed by atoms with Crippen LogP contribution in [-0.4, -0.2) is 24.4 Å². The van der Waals surface area contributed by atoms with Crippen LogP contribution in [0.3, 0.4) is 0 Å². The predicted molar refractivity (Wildman–Crippen MR) is 101 cm³/mol. The number of benzene rings is 2. The molecule has 1 aliphatic carbocycles. The SMILES string of the molecule is CCOC(=O)[C@H]1[C@@H]2C(=O)N(c3cccc(Cl)c3)C(=O)[C@]12c1ccc(Cl)cc1. The Morgan fingerprint density at radius 1 is 1.11 bits per heavy atom. The fourth-order valence-electron chi connectivity index (χ4n) is 4.04. The molecule has 0 bridgehead atoms. The van der Waals surface area contributed by atoms with E-state index in [9.17, 15) is 14.4 Å². The third-order valence-electron chi connectivity index (χ3n) is 5.18. The number of rotatable bonds is 4. The van der Waals surface area contributed by atoms with E-state index >= 15 is 0 Å². The van der Waals surface area contributed by atoms with Gasteiger partial charge in [-0.15, -0.1) is 0 Å². The number of imide groups is 1. The second kappa shape index (κ2) is 6.36. The fraction of sp³-hybridized carbons (Fsp3) is 0.250. The molecule has 7 heteroatoms. The van der Waals surface area contributed by atoms with Gasteiger partial charge >= 0.3 is 5.97 Å². The molecule has 2 fully saturated rings. The van der Waals surface area contributed by atoms with E-state index in [0.29, 0.717) is 21.3 Å². The molecule has 0 aromatic heterocycles. The molecule has 3 atom stereocenters. The van der Waals surface area contributed by atoms with E-state index in [1.165, 1.54) is 0 Å². The largest absolute Gasteiger partial charge is 0.466 e. The number of fused-ring (bicyclic) bond motifs is 1. The van der Waals surface area contributed by atoms with Crippen LogP contribution in [0.1, 0.15) is 12.5 Å². The molecule has 1 saturated carbocycles. The van der Waals surface area contributed by atoms with E-state index < -0.39 is 35.0 Å². The normalized spacial score (nSPS) is 26.1.